The molecule has 0 amide bonds. The molecule has 0 atom stereocenters. The molecule has 10 heavy (non-hydrogen) atoms. The van der Waals surface area contributed by atoms with Crippen LogP contribution in [0.1, 0.15) is 13.8 Å². The summed E-state index contributed by atoms with van der Waals surface area (Å²) in [6, 6.07) is 0. The van der Waals surface area contributed by atoms with Crippen molar-refractivity contribution >= 4 is 5.84 Å². The molecule has 0 rings (SSSR count). The molecule has 3 N–H and O–H groups in total. The molecule has 58 valence electrons. The summed E-state index contributed by atoms with van der Waals surface area (Å²) in [6.07, 6.45) is 0. The van der Waals surface area contributed by atoms with Crippen molar-refractivity contribution in [3.63, 3.8) is 0 Å². The molecule has 0 aromatic carbocycles. The average molecular weight is 143 g/mol. The summed E-state index contributed by atoms with van der Waals surface area (Å²) in [4.78, 5) is 0. The molecule has 0 aromatic rings. The first-order valence-corrected chi connectivity index (χ1v) is 3.07. The zero-order valence-electron chi connectivity index (χ0n) is 6.50. The number of amidine groups is 1. The van der Waals surface area contributed by atoms with Crippen molar-refractivity contribution in [3.05, 3.63) is 0 Å². The van der Waals surface area contributed by atoms with Crippen LogP contribution >= 0.6 is 0 Å². The molecular formula is C5H13N5. The zero-order chi connectivity index (χ0) is 7.98. The molecule has 0 aliphatic heterocycles. The minimum atomic E-state index is 0.236. The minimum absolute atomic E-state index is 0.236. The van der Waals surface area contributed by atoms with Crippen molar-refractivity contribution in [2.75, 3.05) is 7.05 Å². The van der Waals surface area contributed by atoms with Crippen LogP contribution in [0.25, 0.3) is 0 Å². The normalized spacial score (nSPS) is 13.0. The maximum absolute atomic E-state index is 4.85. The van der Waals surface area contributed by atoms with E-state index in [0.29, 0.717) is 5.84 Å². The highest BCUT2D eigenvalue weighted by Crippen LogP contribution is 1.97. The van der Waals surface area contributed by atoms with Gasteiger partial charge in [-0.3, -0.25) is 0 Å². The largest absolute Gasteiger partial charge is 0.311 e. The minimum Gasteiger partial charge on any atom is -0.311 e. The van der Waals surface area contributed by atoms with E-state index in [2.05, 4.69) is 20.9 Å². The number of hydrazone groups is 1. The molecule has 5 heteroatoms. The predicted octanol–water partition coefficient (Wildman–Crippen LogP) is 0.501. The molecule has 0 saturated heterocycles. The highest BCUT2D eigenvalue weighted by molar-refractivity contribution is 5.83. The molecule has 0 aromatic heterocycles. The van der Waals surface area contributed by atoms with E-state index in [9.17, 15) is 0 Å². The summed E-state index contributed by atoms with van der Waals surface area (Å²) < 4.78 is 0. The predicted molar refractivity (Wildman–Crippen MR) is 40.4 cm³/mol. The van der Waals surface area contributed by atoms with E-state index in [0.717, 1.165) is 0 Å². The number of hydrogen-bond donors (Lipinski definition) is 2. The zero-order valence-corrected chi connectivity index (χ0v) is 6.50. The van der Waals surface area contributed by atoms with Crippen molar-refractivity contribution in [2.24, 2.45) is 27.2 Å². The van der Waals surface area contributed by atoms with Gasteiger partial charge in [-0.25, -0.2) is 0 Å². The molecule has 5 nitrogen and oxygen atoms in total. The second-order valence-corrected chi connectivity index (χ2v) is 2.06. The number of hydrogen-bond acceptors (Lipinski definition) is 3. The Labute approximate surface area is 60.4 Å². The first-order valence-electron chi connectivity index (χ1n) is 3.07. The Morgan fingerprint density at radius 2 is 2.10 bits per heavy atom. The summed E-state index contributed by atoms with van der Waals surface area (Å²) in [6.45, 7) is 3.93. The van der Waals surface area contributed by atoms with E-state index < -0.39 is 0 Å². The lowest BCUT2D eigenvalue weighted by molar-refractivity contribution is 0.803. The Morgan fingerprint density at radius 3 is 2.40 bits per heavy atom. The fourth-order valence-corrected chi connectivity index (χ4v) is 0.441. The van der Waals surface area contributed by atoms with Gasteiger partial charge in [0.1, 0.15) is 0 Å². The van der Waals surface area contributed by atoms with Crippen LogP contribution in [0.2, 0.25) is 0 Å². The quantitative estimate of drug-likeness (QED) is 0.194. The Morgan fingerprint density at radius 1 is 1.50 bits per heavy atom. The van der Waals surface area contributed by atoms with Gasteiger partial charge in [0.05, 0.1) is 0 Å². The summed E-state index contributed by atoms with van der Waals surface area (Å²) in [5.41, 5.74) is 2.61. The van der Waals surface area contributed by atoms with Crippen LogP contribution < -0.4 is 11.3 Å². The first kappa shape index (κ1) is 8.87. The van der Waals surface area contributed by atoms with Gasteiger partial charge in [-0.2, -0.15) is 5.10 Å². The van der Waals surface area contributed by atoms with Gasteiger partial charge in [-0.15, -0.1) is 5.11 Å². The molecule has 0 fully saturated rings. The van der Waals surface area contributed by atoms with Crippen LogP contribution in [0, 0.1) is 5.92 Å². The van der Waals surface area contributed by atoms with Crippen LogP contribution in [-0.4, -0.2) is 12.9 Å². The van der Waals surface area contributed by atoms with Gasteiger partial charge in [0.25, 0.3) is 0 Å². The maximum Gasteiger partial charge on any atom is 0.174 e. The summed E-state index contributed by atoms with van der Waals surface area (Å²) in [5, 5.41) is 10.6. The molecule has 0 unspecified atom stereocenters. The van der Waals surface area contributed by atoms with Crippen molar-refractivity contribution in [1.82, 2.24) is 5.43 Å². The molecule has 0 bridgehead atoms. The van der Waals surface area contributed by atoms with Crippen molar-refractivity contribution in [1.29, 1.82) is 0 Å². The highest BCUT2D eigenvalue weighted by atomic mass is 15.4. The lowest BCUT2D eigenvalue weighted by Crippen LogP contribution is -2.09. The van der Waals surface area contributed by atoms with Gasteiger partial charge >= 0.3 is 0 Å². The van der Waals surface area contributed by atoms with Crippen LogP contribution in [-0.2, 0) is 0 Å². The SMILES string of the molecule is CNN=C(N=NN)C(C)C. The Hall–Kier alpha value is -1.13. The highest BCUT2D eigenvalue weighted by Gasteiger charge is 2.01. The van der Waals surface area contributed by atoms with E-state index in [4.69, 9.17) is 5.84 Å². The standard InChI is InChI=1S/C5H13N5/c1-4(2)5(8-7-3)9-10-6/h4,7H,1-3H3,(H2,6,8,9). The molecule has 0 radical (unpaired) electrons. The van der Waals surface area contributed by atoms with E-state index in [1.165, 1.54) is 0 Å². The van der Waals surface area contributed by atoms with E-state index in [1.54, 1.807) is 7.05 Å². The number of nitrogens with one attached hydrogen (secondary N) is 1. The fraction of sp³-hybridized carbons (Fsp3) is 0.800. The molecule has 0 heterocycles. The third-order valence-corrected chi connectivity index (χ3v) is 0.903. The maximum atomic E-state index is 4.85. The Bertz CT molecular complexity index is 137. The monoisotopic (exact) mass is 143 g/mol. The Kier molecular flexibility index (Phi) is 4.19. The van der Waals surface area contributed by atoms with Crippen LogP contribution in [0.4, 0.5) is 0 Å². The van der Waals surface area contributed by atoms with Gasteiger partial charge in [0.2, 0.25) is 0 Å². The second kappa shape index (κ2) is 4.72. The number of nitrogens with zero attached hydrogens (tertiary/aromatic N) is 3. The van der Waals surface area contributed by atoms with Gasteiger partial charge in [0.15, 0.2) is 5.84 Å². The van der Waals surface area contributed by atoms with Gasteiger partial charge in [-0.05, 0) is 0 Å². The van der Waals surface area contributed by atoms with Crippen LogP contribution in [0.15, 0.2) is 15.4 Å². The molecule has 0 aliphatic carbocycles. The summed E-state index contributed by atoms with van der Waals surface area (Å²) >= 11 is 0. The second-order valence-electron chi connectivity index (χ2n) is 2.06. The van der Waals surface area contributed by atoms with Crippen molar-refractivity contribution < 1.29 is 0 Å². The number of nitrogens with two attached hydrogens (primary N) is 1. The van der Waals surface area contributed by atoms with Crippen molar-refractivity contribution in [3.8, 4) is 0 Å². The van der Waals surface area contributed by atoms with Gasteiger partial charge in [0, 0.05) is 13.0 Å². The third-order valence-electron chi connectivity index (χ3n) is 0.903. The molecule has 0 aliphatic rings. The molecule has 0 saturated carbocycles. The summed E-state index contributed by atoms with van der Waals surface area (Å²) in [7, 11) is 1.70. The summed E-state index contributed by atoms with van der Waals surface area (Å²) in [5.74, 6) is 5.68. The lowest BCUT2D eigenvalue weighted by Gasteiger charge is -2.00. The average Bonchev–Trinajstić information content (AvgIpc) is 1.87. The van der Waals surface area contributed by atoms with Gasteiger partial charge in [-0.1, -0.05) is 19.1 Å². The third kappa shape index (κ3) is 3.01. The first-order chi connectivity index (χ1) is 4.72. The fourth-order valence-electron chi connectivity index (χ4n) is 0.441. The van der Waals surface area contributed by atoms with E-state index in [-0.39, 0.29) is 5.92 Å². The van der Waals surface area contributed by atoms with Crippen LogP contribution in [0.5, 0.6) is 0 Å². The van der Waals surface area contributed by atoms with E-state index >= 15 is 0 Å². The lowest BCUT2D eigenvalue weighted by atomic mass is 10.2. The topological polar surface area (TPSA) is 75.1 Å². The molecular weight excluding hydrogens is 130 g/mol. The Balaban J connectivity index is 4.11. The van der Waals surface area contributed by atoms with Gasteiger partial charge < -0.3 is 11.3 Å². The van der Waals surface area contributed by atoms with Crippen molar-refractivity contribution in [2.45, 2.75) is 13.8 Å². The van der Waals surface area contributed by atoms with E-state index in [1.807, 2.05) is 13.8 Å². The smallest absolute Gasteiger partial charge is 0.174 e. The van der Waals surface area contributed by atoms with Crippen LogP contribution in [0.3, 0.4) is 0 Å². The number of rotatable bonds is 2. The molecule has 0 spiro atoms.